The van der Waals surface area contributed by atoms with Crippen molar-refractivity contribution in [1.29, 1.82) is 0 Å². The van der Waals surface area contributed by atoms with E-state index in [9.17, 15) is 9.59 Å². The summed E-state index contributed by atoms with van der Waals surface area (Å²) in [5.41, 5.74) is 3.30. The summed E-state index contributed by atoms with van der Waals surface area (Å²) in [5, 5.41) is 0. The monoisotopic (exact) mass is 317 g/mol. The number of hydrogen-bond donors (Lipinski definition) is 0. The molecule has 0 N–H and O–H groups in total. The minimum Gasteiger partial charge on any atom is -0.483 e. The molecule has 1 aromatic rings. The van der Waals surface area contributed by atoms with E-state index in [1.165, 1.54) is 0 Å². The first kappa shape index (κ1) is 17.5. The van der Waals surface area contributed by atoms with E-state index in [1.807, 2.05) is 38.7 Å². The van der Waals surface area contributed by atoms with Crippen molar-refractivity contribution in [3.8, 4) is 5.75 Å². The molecular formula is C19H27NO3. The molecule has 2 rings (SSSR count). The molecule has 0 radical (unpaired) electrons. The molecule has 0 saturated carbocycles. The second kappa shape index (κ2) is 7.62. The summed E-state index contributed by atoms with van der Waals surface area (Å²) < 4.78 is 5.80. The maximum Gasteiger partial charge on any atom is 0.260 e. The number of rotatable bonds is 5. The summed E-state index contributed by atoms with van der Waals surface area (Å²) in [7, 11) is 0. The minimum atomic E-state index is 0.00713. The van der Waals surface area contributed by atoms with Crippen LogP contribution in [0.3, 0.4) is 0 Å². The molecule has 0 spiro atoms. The highest BCUT2D eigenvalue weighted by molar-refractivity contribution is 5.82. The molecule has 1 aromatic carbocycles. The number of ether oxygens (including phenoxy) is 1. The molecule has 0 atom stereocenters. The fraction of sp³-hybridized carbons (Fsp3) is 0.579. The molecule has 126 valence electrons. The Morgan fingerprint density at radius 1 is 1.13 bits per heavy atom. The van der Waals surface area contributed by atoms with Crippen LogP contribution in [0.4, 0.5) is 0 Å². The summed E-state index contributed by atoms with van der Waals surface area (Å²) in [6.07, 6.45) is 2.15. The van der Waals surface area contributed by atoms with Crippen molar-refractivity contribution in [1.82, 2.24) is 4.90 Å². The third-order valence-corrected chi connectivity index (χ3v) is 4.87. The first-order valence-corrected chi connectivity index (χ1v) is 8.44. The fourth-order valence-electron chi connectivity index (χ4n) is 3.11. The van der Waals surface area contributed by atoms with E-state index in [1.54, 1.807) is 0 Å². The van der Waals surface area contributed by atoms with Gasteiger partial charge in [0.15, 0.2) is 6.61 Å². The SMILES string of the molecule is CCC(=O)C1CCN(C(=O)COc2c(C)ccc(C)c2C)CC1. The summed E-state index contributed by atoms with van der Waals surface area (Å²) in [5.74, 6) is 1.27. The van der Waals surface area contributed by atoms with E-state index in [4.69, 9.17) is 4.74 Å². The summed E-state index contributed by atoms with van der Waals surface area (Å²) in [4.78, 5) is 25.9. The number of piperidine rings is 1. The van der Waals surface area contributed by atoms with Gasteiger partial charge in [-0.25, -0.2) is 0 Å². The standard InChI is InChI=1S/C19H27NO3/c1-5-17(21)16-8-10-20(11-9-16)18(22)12-23-19-14(3)7-6-13(2)15(19)4/h6-7,16H,5,8-12H2,1-4H3. The molecule has 1 aliphatic heterocycles. The van der Waals surface area contributed by atoms with E-state index in [-0.39, 0.29) is 18.4 Å². The Bertz CT molecular complexity index is 587. The van der Waals surface area contributed by atoms with E-state index >= 15 is 0 Å². The lowest BCUT2D eigenvalue weighted by molar-refractivity contribution is -0.136. The van der Waals surface area contributed by atoms with Crippen molar-refractivity contribution in [3.63, 3.8) is 0 Å². The van der Waals surface area contributed by atoms with Gasteiger partial charge < -0.3 is 9.64 Å². The molecule has 0 aliphatic carbocycles. The van der Waals surface area contributed by atoms with Gasteiger partial charge in [0.1, 0.15) is 11.5 Å². The van der Waals surface area contributed by atoms with Gasteiger partial charge in [-0.15, -0.1) is 0 Å². The van der Waals surface area contributed by atoms with Crippen molar-refractivity contribution in [2.75, 3.05) is 19.7 Å². The maximum absolute atomic E-state index is 12.3. The second-order valence-corrected chi connectivity index (χ2v) is 6.42. The normalized spacial score (nSPS) is 15.6. The van der Waals surface area contributed by atoms with Crippen molar-refractivity contribution in [2.45, 2.75) is 47.0 Å². The number of likely N-dealkylation sites (tertiary alicyclic amines) is 1. The van der Waals surface area contributed by atoms with E-state index in [0.717, 1.165) is 35.3 Å². The van der Waals surface area contributed by atoms with Crippen LogP contribution in [-0.4, -0.2) is 36.3 Å². The Hall–Kier alpha value is -1.84. The zero-order valence-electron chi connectivity index (χ0n) is 14.6. The third-order valence-electron chi connectivity index (χ3n) is 4.87. The molecule has 1 heterocycles. The molecule has 1 saturated heterocycles. The molecule has 0 bridgehead atoms. The molecule has 1 fully saturated rings. The lowest BCUT2D eigenvalue weighted by Crippen LogP contribution is -2.42. The van der Waals surface area contributed by atoms with Crippen LogP contribution in [0.15, 0.2) is 12.1 Å². The average Bonchev–Trinajstić information content (AvgIpc) is 2.57. The molecule has 1 aliphatic rings. The van der Waals surface area contributed by atoms with Crippen LogP contribution < -0.4 is 4.74 Å². The van der Waals surface area contributed by atoms with Gasteiger partial charge in [-0.1, -0.05) is 19.1 Å². The zero-order valence-corrected chi connectivity index (χ0v) is 14.6. The van der Waals surface area contributed by atoms with Gasteiger partial charge in [0, 0.05) is 25.4 Å². The molecule has 23 heavy (non-hydrogen) atoms. The number of carbonyl (C=O) groups is 2. The first-order valence-electron chi connectivity index (χ1n) is 8.44. The number of ketones is 1. The van der Waals surface area contributed by atoms with Crippen molar-refractivity contribution < 1.29 is 14.3 Å². The van der Waals surface area contributed by atoms with Crippen LogP contribution >= 0.6 is 0 Å². The molecule has 4 heteroatoms. The predicted molar refractivity (Wildman–Crippen MR) is 90.8 cm³/mol. The highest BCUT2D eigenvalue weighted by atomic mass is 16.5. The highest BCUT2D eigenvalue weighted by Crippen LogP contribution is 2.26. The van der Waals surface area contributed by atoms with Gasteiger partial charge in [-0.05, 0) is 50.3 Å². The van der Waals surface area contributed by atoms with Gasteiger partial charge in [-0.2, -0.15) is 0 Å². The van der Waals surface area contributed by atoms with Gasteiger partial charge >= 0.3 is 0 Å². The topological polar surface area (TPSA) is 46.6 Å². The predicted octanol–water partition coefficient (Wildman–Crippen LogP) is 3.21. The quantitative estimate of drug-likeness (QED) is 0.838. The minimum absolute atomic E-state index is 0.00713. The van der Waals surface area contributed by atoms with Crippen LogP contribution in [-0.2, 0) is 9.59 Å². The number of carbonyl (C=O) groups excluding carboxylic acids is 2. The van der Waals surface area contributed by atoms with Crippen LogP contribution in [0, 0.1) is 26.7 Å². The van der Waals surface area contributed by atoms with Gasteiger partial charge in [-0.3, -0.25) is 9.59 Å². The summed E-state index contributed by atoms with van der Waals surface area (Å²) >= 11 is 0. The Labute approximate surface area is 138 Å². The number of hydrogen-bond acceptors (Lipinski definition) is 3. The lowest BCUT2D eigenvalue weighted by Gasteiger charge is -2.31. The first-order chi connectivity index (χ1) is 10.9. The Morgan fingerprint density at radius 2 is 1.74 bits per heavy atom. The Kier molecular flexibility index (Phi) is 5.80. The van der Waals surface area contributed by atoms with Gasteiger partial charge in [0.2, 0.25) is 0 Å². The van der Waals surface area contributed by atoms with Gasteiger partial charge in [0.25, 0.3) is 5.91 Å². The Morgan fingerprint density at radius 3 is 2.35 bits per heavy atom. The van der Waals surface area contributed by atoms with Crippen LogP contribution in [0.25, 0.3) is 0 Å². The van der Waals surface area contributed by atoms with Crippen molar-refractivity contribution >= 4 is 11.7 Å². The summed E-state index contributed by atoms with van der Waals surface area (Å²) in [6.45, 7) is 9.34. The zero-order chi connectivity index (χ0) is 17.0. The van der Waals surface area contributed by atoms with E-state index in [2.05, 4.69) is 6.07 Å². The second-order valence-electron chi connectivity index (χ2n) is 6.42. The maximum atomic E-state index is 12.3. The van der Waals surface area contributed by atoms with E-state index < -0.39 is 0 Å². The van der Waals surface area contributed by atoms with Crippen LogP contribution in [0.5, 0.6) is 5.75 Å². The number of benzene rings is 1. The Balaban J connectivity index is 1.89. The van der Waals surface area contributed by atoms with Crippen LogP contribution in [0.1, 0.15) is 42.9 Å². The summed E-state index contributed by atoms with van der Waals surface area (Å²) in [6, 6.07) is 4.08. The van der Waals surface area contributed by atoms with E-state index in [0.29, 0.717) is 25.3 Å². The number of nitrogens with zero attached hydrogens (tertiary/aromatic N) is 1. The number of aryl methyl sites for hydroxylation is 2. The van der Waals surface area contributed by atoms with Gasteiger partial charge in [0.05, 0.1) is 0 Å². The molecule has 1 amide bonds. The largest absolute Gasteiger partial charge is 0.483 e. The molecule has 0 aromatic heterocycles. The third kappa shape index (κ3) is 4.12. The molecule has 0 unspecified atom stereocenters. The number of amides is 1. The average molecular weight is 317 g/mol. The highest BCUT2D eigenvalue weighted by Gasteiger charge is 2.26. The van der Waals surface area contributed by atoms with Crippen LogP contribution in [0.2, 0.25) is 0 Å². The number of Topliss-reactive ketones (excluding diaryl/α,β-unsaturated/α-hetero) is 1. The fourth-order valence-corrected chi connectivity index (χ4v) is 3.11. The molecule has 4 nitrogen and oxygen atoms in total. The smallest absolute Gasteiger partial charge is 0.260 e. The molecular weight excluding hydrogens is 290 g/mol. The van der Waals surface area contributed by atoms with Crippen molar-refractivity contribution in [2.24, 2.45) is 5.92 Å². The lowest BCUT2D eigenvalue weighted by atomic mass is 9.91. The van der Waals surface area contributed by atoms with Crippen molar-refractivity contribution in [3.05, 3.63) is 28.8 Å².